The minimum absolute atomic E-state index is 0.0330. The Morgan fingerprint density at radius 2 is 1.85 bits per heavy atom. The maximum atomic E-state index is 12.4. The Hall–Kier alpha value is -1.72. The van der Waals surface area contributed by atoms with Gasteiger partial charge in [-0.25, -0.2) is 9.59 Å². The van der Waals surface area contributed by atoms with E-state index in [1.165, 1.54) is 12.1 Å². The van der Waals surface area contributed by atoms with Gasteiger partial charge in [0, 0.05) is 13.3 Å². The van der Waals surface area contributed by atoms with Crippen molar-refractivity contribution in [2.75, 3.05) is 6.61 Å². The minimum atomic E-state index is -2.09. The Morgan fingerprint density at radius 3 is 2.41 bits per heavy atom. The summed E-state index contributed by atoms with van der Waals surface area (Å²) in [4.78, 5) is 36.0. The molecule has 0 radical (unpaired) electrons. The van der Waals surface area contributed by atoms with Gasteiger partial charge in [-0.05, 0) is 19.1 Å². The van der Waals surface area contributed by atoms with Gasteiger partial charge in [0.15, 0.2) is 11.7 Å². The zero-order valence-corrected chi connectivity index (χ0v) is 17.0. The number of benzene rings is 1. The van der Waals surface area contributed by atoms with Crippen LogP contribution in [0.25, 0.3) is 0 Å². The van der Waals surface area contributed by atoms with E-state index in [2.05, 4.69) is 0 Å². The molecular weight excluding hydrogens is 471 g/mol. The van der Waals surface area contributed by atoms with Crippen LogP contribution < -0.4 is 0 Å². The molecule has 0 unspecified atom stereocenters. The molecule has 0 heterocycles. The maximum absolute atomic E-state index is 12.4. The number of aliphatic hydroxyl groups excluding tert-OH is 1. The monoisotopic (exact) mass is 492 g/mol. The van der Waals surface area contributed by atoms with E-state index in [0.29, 0.717) is 0 Å². The minimum Gasteiger partial charge on any atom is -0.464 e. The van der Waals surface area contributed by atoms with Gasteiger partial charge in [0.2, 0.25) is 0 Å². The summed E-state index contributed by atoms with van der Waals surface area (Å²) in [5.74, 6) is -2.36. The molecule has 1 aromatic carbocycles. The third kappa shape index (κ3) is 4.77. The normalized spacial score (nSPS) is 30.3. The SMILES string of the molecule is CCOC(=O)[C@@]1(O)C[C@@H](OC(C)=O)[C@H](OC(=O)c2ccccc2)[C@H](O)[C@H]1I. The topological polar surface area (TPSA) is 119 Å². The van der Waals surface area contributed by atoms with Crippen LogP contribution in [0.1, 0.15) is 30.6 Å². The number of rotatable bonds is 5. The van der Waals surface area contributed by atoms with Crippen LogP contribution in [0.15, 0.2) is 30.3 Å². The van der Waals surface area contributed by atoms with E-state index >= 15 is 0 Å². The number of halogens is 1. The van der Waals surface area contributed by atoms with Gasteiger partial charge in [0.25, 0.3) is 0 Å². The van der Waals surface area contributed by atoms with E-state index in [9.17, 15) is 24.6 Å². The molecule has 8 nitrogen and oxygen atoms in total. The van der Waals surface area contributed by atoms with Gasteiger partial charge in [0.1, 0.15) is 12.2 Å². The Kier molecular flexibility index (Phi) is 7.18. The van der Waals surface area contributed by atoms with Crippen LogP contribution >= 0.6 is 22.6 Å². The molecule has 1 aliphatic rings. The Bertz CT molecular complexity index is 694. The molecule has 148 valence electrons. The number of carbonyl (C=O) groups excluding carboxylic acids is 3. The first-order valence-corrected chi connectivity index (χ1v) is 9.60. The largest absolute Gasteiger partial charge is 0.464 e. The molecule has 0 saturated heterocycles. The zero-order chi connectivity index (χ0) is 20.2. The van der Waals surface area contributed by atoms with Crippen LogP contribution in [-0.4, -0.2) is 62.6 Å². The van der Waals surface area contributed by atoms with Crippen molar-refractivity contribution in [3.05, 3.63) is 35.9 Å². The number of hydrogen-bond donors (Lipinski definition) is 2. The average molecular weight is 492 g/mol. The van der Waals surface area contributed by atoms with E-state index in [1.54, 1.807) is 47.7 Å². The molecule has 27 heavy (non-hydrogen) atoms. The maximum Gasteiger partial charge on any atom is 0.339 e. The molecule has 0 aliphatic heterocycles. The van der Waals surface area contributed by atoms with Gasteiger partial charge in [0.05, 0.1) is 16.1 Å². The molecule has 1 saturated carbocycles. The van der Waals surface area contributed by atoms with Crippen molar-refractivity contribution in [1.29, 1.82) is 0 Å². The summed E-state index contributed by atoms with van der Waals surface area (Å²) < 4.78 is 14.4. The van der Waals surface area contributed by atoms with Crippen LogP contribution in [0.3, 0.4) is 0 Å². The number of carbonyl (C=O) groups is 3. The van der Waals surface area contributed by atoms with Crippen LogP contribution in [0.5, 0.6) is 0 Å². The standard InChI is InChI=1S/C18H21IO8/c1-3-25-17(23)18(24)9-12(26-10(2)20)14(13(21)15(18)19)27-16(22)11-7-5-4-6-8-11/h4-8,12-15,21,24H,3,9H2,1-2H3/t12-,13+,14+,15-,18-/m1/s1. The highest BCUT2D eigenvalue weighted by molar-refractivity contribution is 14.1. The van der Waals surface area contributed by atoms with Crippen LogP contribution in [0, 0.1) is 0 Å². The molecule has 5 atom stereocenters. The Balaban J connectivity index is 2.29. The van der Waals surface area contributed by atoms with Crippen LogP contribution in [0.4, 0.5) is 0 Å². The summed E-state index contributed by atoms with van der Waals surface area (Å²) in [7, 11) is 0. The third-order valence-electron chi connectivity index (χ3n) is 4.17. The third-order valence-corrected chi connectivity index (χ3v) is 5.94. The zero-order valence-electron chi connectivity index (χ0n) is 14.8. The smallest absolute Gasteiger partial charge is 0.339 e. The van der Waals surface area contributed by atoms with Gasteiger partial charge in [-0.15, -0.1) is 0 Å². The van der Waals surface area contributed by atoms with Crippen molar-refractivity contribution in [3.63, 3.8) is 0 Å². The number of hydrogen-bond acceptors (Lipinski definition) is 8. The molecule has 1 fully saturated rings. The molecule has 2 N–H and O–H groups in total. The highest BCUT2D eigenvalue weighted by Crippen LogP contribution is 2.38. The number of alkyl halides is 1. The van der Waals surface area contributed by atoms with Gasteiger partial charge in [-0.2, -0.15) is 0 Å². The van der Waals surface area contributed by atoms with Gasteiger partial charge in [-0.1, -0.05) is 40.8 Å². The van der Waals surface area contributed by atoms with Crippen molar-refractivity contribution in [2.24, 2.45) is 0 Å². The molecule has 0 bridgehead atoms. The highest BCUT2D eigenvalue weighted by Gasteiger charge is 2.58. The fourth-order valence-electron chi connectivity index (χ4n) is 2.89. The molecular formula is C18H21IO8. The molecule has 0 amide bonds. The van der Waals surface area contributed by atoms with Crippen LogP contribution in [-0.2, 0) is 23.8 Å². The van der Waals surface area contributed by atoms with Crippen molar-refractivity contribution in [2.45, 2.75) is 48.1 Å². The average Bonchev–Trinajstić information content (AvgIpc) is 2.63. The molecule has 9 heteroatoms. The lowest BCUT2D eigenvalue weighted by Crippen LogP contribution is -2.65. The second-order valence-electron chi connectivity index (χ2n) is 6.13. The number of aliphatic hydroxyl groups is 2. The molecule has 0 spiro atoms. The second kappa shape index (κ2) is 8.98. The molecule has 0 aromatic heterocycles. The summed E-state index contributed by atoms with van der Waals surface area (Å²) in [6.45, 7) is 2.75. The number of esters is 3. The van der Waals surface area contributed by atoms with Gasteiger partial charge in [-0.3, -0.25) is 4.79 Å². The van der Waals surface area contributed by atoms with Gasteiger partial charge < -0.3 is 24.4 Å². The first-order chi connectivity index (χ1) is 12.7. The first-order valence-electron chi connectivity index (χ1n) is 8.35. The predicted molar refractivity (Wildman–Crippen MR) is 101 cm³/mol. The highest BCUT2D eigenvalue weighted by atomic mass is 127. The molecule has 2 rings (SSSR count). The predicted octanol–water partition coefficient (Wildman–Crippen LogP) is 1.01. The molecule has 1 aliphatic carbocycles. The van der Waals surface area contributed by atoms with E-state index < -0.39 is 45.7 Å². The lowest BCUT2D eigenvalue weighted by Gasteiger charge is -2.44. The van der Waals surface area contributed by atoms with Crippen molar-refractivity contribution < 1.29 is 38.8 Å². The summed E-state index contributed by atoms with van der Waals surface area (Å²) in [6.07, 6.45) is -4.31. The lowest BCUT2D eigenvalue weighted by molar-refractivity contribution is -0.197. The van der Waals surface area contributed by atoms with Crippen molar-refractivity contribution >= 4 is 40.5 Å². The lowest BCUT2D eigenvalue weighted by atomic mass is 9.79. The molecule has 1 aromatic rings. The summed E-state index contributed by atoms with van der Waals surface area (Å²) >= 11 is 1.70. The Morgan fingerprint density at radius 1 is 1.22 bits per heavy atom. The summed E-state index contributed by atoms with van der Waals surface area (Å²) in [5.41, 5.74) is -1.84. The summed E-state index contributed by atoms with van der Waals surface area (Å²) in [6, 6.07) is 8.11. The van der Waals surface area contributed by atoms with Crippen molar-refractivity contribution in [3.8, 4) is 0 Å². The summed E-state index contributed by atoms with van der Waals surface area (Å²) in [5, 5.41) is 21.4. The van der Waals surface area contributed by atoms with E-state index in [4.69, 9.17) is 14.2 Å². The van der Waals surface area contributed by atoms with Gasteiger partial charge >= 0.3 is 17.9 Å². The number of ether oxygens (including phenoxy) is 3. The first kappa shape index (κ1) is 21.6. The fourth-order valence-corrected chi connectivity index (χ4v) is 3.81. The van der Waals surface area contributed by atoms with Crippen molar-refractivity contribution in [1.82, 2.24) is 0 Å². The Labute approximate surface area is 169 Å². The quantitative estimate of drug-likeness (QED) is 0.271. The van der Waals surface area contributed by atoms with Crippen LogP contribution in [0.2, 0.25) is 0 Å². The van der Waals surface area contributed by atoms with E-state index in [-0.39, 0.29) is 18.6 Å². The fraction of sp³-hybridized carbons (Fsp3) is 0.500. The van der Waals surface area contributed by atoms with E-state index in [0.717, 1.165) is 6.92 Å². The second-order valence-corrected chi connectivity index (χ2v) is 7.47. The van der Waals surface area contributed by atoms with E-state index in [1.807, 2.05) is 0 Å².